The normalized spacial score (nSPS) is 27.8. The van der Waals surface area contributed by atoms with E-state index in [9.17, 15) is 0 Å². The Labute approximate surface area is 123 Å². The number of hydrogen-bond acceptors (Lipinski definition) is 2. The van der Waals surface area contributed by atoms with E-state index in [-0.39, 0.29) is 5.54 Å². The Hall–Kier alpha value is -0.830. The van der Waals surface area contributed by atoms with Gasteiger partial charge < -0.3 is 5.73 Å². The highest BCUT2D eigenvalue weighted by Crippen LogP contribution is 2.34. The Balaban J connectivity index is 2.05. The third-order valence-corrected chi connectivity index (χ3v) is 5.13. The van der Waals surface area contributed by atoms with E-state index in [0.717, 1.165) is 37.5 Å². The van der Waals surface area contributed by atoms with Gasteiger partial charge in [-0.25, -0.2) is 0 Å². The zero-order valence-corrected chi connectivity index (χ0v) is 13.7. The molecule has 1 saturated carbocycles. The molecule has 0 aliphatic heterocycles. The zero-order valence-electron chi connectivity index (χ0n) is 13.7. The summed E-state index contributed by atoms with van der Waals surface area (Å²) in [6.07, 6.45) is 8.19. The molecule has 1 aromatic heterocycles. The molecule has 2 unspecified atom stereocenters. The molecule has 1 aliphatic carbocycles. The van der Waals surface area contributed by atoms with Crippen LogP contribution in [0.1, 0.15) is 64.3 Å². The Kier molecular flexibility index (Phi) is 4.90. The third kappa shape index (κ3) is 3.63. The van der Waals surface area contributed by atoms with Crippen LogP contribution in [0.4, 0.5) is 0 Å². The number of hydrogen-bond donors (Lipinski definition) is 1. The Morgan fingerprint density at radius 3 is 2.75 bits per heavy atom. The molecule has 3 heteroatoms. The summed E-state index contributed by atoms with van der Waals surface area (Å²) in [6.45, 7) is 6.86. The lowest BCUT2D eigenvalue weighted by molar-refractivity contribution is 0.319. The number of nitrogens with zero attached hydrogens (tertiary/aromatic N) is 2. The van der Waals surface area contributed by atoms with Crippen LogP contribution in [-0.4, -0.2) is 15.3 Å². The lowest BCUT2D eigenvalue weighted by Gasteiger charge is -2.28. The van der Waals surface area contributed by atoms with E-state index >= 15 is 0 Å². The molecular weight excluding hydrogens is 246 g/mol. The van der Waals surface area contributed by atoms with Crippen LogP contribution in [0.3, 0.4) is 0 Å². The van der Waals surface area contributed by atoms with Crippen molar-refractivity contribution in [3.63, 3.8) is 0 Å². The molecule has 2 atom stereocenters. The van der Waals surface area contributed by atoms with Gasteiger partial charge in [-0.2, -0.15) is 5.10 Å². The van der Waals surface area contributed by atoms with Gasteiger partial charge >= 0.3 is 0 Å². The van der Waals surface area contributed by atoms with E-state index in [2.05, 4.69) is 31.9 Å². The molecule has 114 valence electrons. The van der Waals surface area contributed by atoms with E-state index in [1.807, 2.05) is 11.7 Å². The molecule has 0 amide bonds. The summed E-state index contributed by atoms with van der Waals surface area (Å²) in [5, 5.41) is 4.55. The molecule has 0 spiro atoms. The molecule has 2 N–H and O–H groups in total. The average Bonchev–Trinajstić information content (AvgIpc) is 2.61. The van der Waals surface area contributed by atoms with Gasteiger partial charge in [-0.15, -0.1) is 0 Å². The van der Waals surface area contributed by atoms with Gasteiger partial charge in [-0.3, -0.25) is 4.68 Å². The number of aromatic nitrogens is 2. The van der Waals surface area contributed by atoms with E-state index < -0.39 is 0 Å². The summed E-state index contributed by atoms with van der Waals surface area (Å²) in [5.41, 5.74) is 9.19. The van der Waals surface area contributed by atoms with Crippen LogP contribution in [0.2, 0.25) is 0 Å². The maximum atomic E-state index is 6.73. The molecule has 0 aromatic carbocycles. The van der Waals surface area contributed by atoms with Crippen molar-refractivity contribution < 1.29 is 0 Å². The molecule has 1 aliphatic rings. The summed E-state index contributed by atoms with van der Waals surface area (Å²) in [5.74, 6) is 1.65. The van der Waals surface area contributed by atoms with Crippen molar-refractivity contribution in [3.8, 4) is 0 Å². The lowest BCUT2D eigenvalue weighted by atomic mass is 9.84. The summed E-state index contributed by atoms with van der Waals surface area (Å²) in [7, 11) is 2.05. The van der Waals surface area contributed by atoms with Crippen LogP contribution >= 0.6 is 0 Å². The van der Waals surface area contributed by atoms with Crippen molar-refractivity contribution in [2.24, 2.45) is 24.6 Å². The third-order valence-electron chi connectivity index (χ3n) is 5.13. The van der Waals surface area contributed by atoms with Crippen LogP contribution in [0, 0.1) is 11.8 Å². The highest BCUT2D eigenvalue weighted by Gasteiger charge is 2.31. The molecular formula is C17H31N3. The first-order valence-electron chi connectivity index (χ1n) is 8.24. The lowest BCUT2D eigenvalue weighted by Crippen LogP contribution is -2.42. The van der Waals surface area contributed by atoms with Crippen molar-refractivity contribution in [2.45, 2.75) is 71.3 Å². The molecule has 1 heterocycles. The van der Waals surface area contributed by atoms with Crippen LogP contribution in [0.15, 0.2) is 6.07 Å². The van der Waals surface area contributed by atoms with Crippen molar-refractivity contribution in [2.75, 3.05) is 0 Å². The van der Waals surface area contributed by atoms with Gasteiger partial charge in [0.15, 0.2) is 0 Å². The molecule has 0 saturated heterocycles. The molecule has 3 nitrogen and oxygen atoms in total. The smallest absolute Gasteiger partial charge is 0.0624 e. The summed E-state index contributed by atoms with van der Waals surface area (Å²) >= 11 is 0. The van der Waals surface area contributed by atoms with Crippen LogP contribution in [-0.2, 0) is 19.9 Å². The second kappa shape index (κ2) is 6.30. The van der Waals surface area contributed by atoms with Gasteiger partial charge in [-0.1, -0.05) is 33.6 Å². The molecule has 1 aromatic rings. The zero-order chi connectivity index (χ0) is 14.8. The van der Waals surface area contributed by atoms with Crippen LogP contribution in [0.25, 0.3) is 0 Å². The van der Waals surface area contributed by atoms with Crippen molar-refractivity contribution in [1.82, 2.24) is 9.78 Å². The quantitative estimate of drug-likeness (QED) is 0.857. The second-order valence-corrected chi connectivity index (χ2v) is 7.08. The van der Waals surface area contributed by atoms with Gasteiger partial charge in [0.2, 0.25) is 0 Å². The number of rotatable bonds is 4. The average molecular weight is 277 g/mol. The Morgan fingerprint density at radius 2 is 2.15 bits per heavy atom. The summed E-state index contributed by atoms with van der Waals surface area (Å²) < 4.78 is 2.03. The van der Waals surface area contributed by atoms with Crippen molar-refractivity contribution >= 4 is 0 Å². The topological polar surface area (TPSA) is 43.8 Å². The largest absolute Gasteiger partial charge is 0.325 e. The van der Waals surface area contributed by atoms with Crippen LogP contribution < -0.4 is 5.73 Å². The minimum atomic E-state index is -0.0254. The van der Waals surface area contributed by atoms with Gasteiger partial charge in [0.05, 0.1) is 5.69 Å². The van der Waals surface area contributed by atoms with E-state index in [1.165, 1.54) is 30.7 Å². The first kappa shape index (κ1) is 15.6. The maximum absolute atomic E-state index is 6.73. The predicted octanol–water partition coefficient (Wildman–Crippen LogP) is 3.46. The van der Waals surface area contributed by atoms with Crippen LogP contribution in [0.5, 0.6) is 0 Å². The Morgan fingerprint density at radius 1 is 1.40 bits per heavy atom. The van der Waals surface area contributed by atoms with E-state index in [4.69, 9.17) is 5.73 Å². The highest BCUT2D eigenvalue weighted by molar-refractivity contribution is 5.14. The summed E-state index contributed by atoms with van der Waals surface area (Å²) in [4.78, 5) is 0. The second-order valence-electron chi connectivity index (χ2n) is 7.08. The van der Waals surface area contributed by atoms with Gasteiger partial charge in [0, 0.05) is 24.7 Å². The van der Waals surface area contributed by atoms with Gasteiger partial charge in [-0.05, 0) is 43.6 Å². The fourth-order valence-electron chi connectivity index (χ4n) is 3.57. The van der Waals surface area contributed by atoms with E-state index in [0.29, 0.717) is 0 Å². The fraction of sp³-hybridized carbons (Fsp3) is 0.824. The van der Waals surface area contributed by atoms with Crippen molar-refractivity contribution in [1.29, 1.82) is 0 Å². The minimum absolute atomic E-state index is 0.0254. The SMILES string of the molecule is CCc1cc(CC2(N)CCCC(C(C)C)CC2)n(C)n1. The van der Waals surface area contributed by atoms with Gasteiger partial charge in [0.1, 0.15) is 0 Å². The fourth-order valence-corrected chi connectivity index (χ4v) is 3.57. The molecule has 0 bridgehead atoms. The standard InChI is InChI=1S/C17H31N3/c1-5-15-11-16(20(4)19-15)12-17(18)9-6-7-14(8-10-17)13(2)3/h11,13-14H,5-10,12,18H2,1-4H3. The first-order valence-corrected chi connectivity index (χ1v) is 8.24. The monoisotopic (exact) mass is 277 g/mol. The van der Waals surface area contributed by atoms with E-state index in [1.54, 1.807) is 0 Å². The Bertz CT molecular complexity index is 435. The molecule has 20 heavy (non-hydrogen) atoms. The summed E-state index contributed by atoms with van der Waals surface area (Å²) in [6, 6.07) is 2.24. The predicted molar refractivity (Wildman–Crippen MR) is 84.6 cm³/mol. The highest BCUT2D eigenvalue weighted by atomic mass is 15.3. The molecule has 0 radical (unpaired) electrons. The first-order chi connectivity index (χ1) is 9.43. The maximum Gasteiger partial charge on any atom is 0.0624 e. The minimum Gasteiger partial charge on any atom is -0.325 e. The number of aryl methyl sites for hydroxylation is 2. The number of nitrogens with two attached hydrogens (primary N) is 1. The van der Waals surface area contributed by atoms with Gasteiger partial charge in [0.25, 0.3) is 0 Å². The van der Waals surface area contributed by atoms with Crippen molar-refractivity contribution in [3.05, 3.63) is 17.5 Å². The molecule has 1 fully saturated rings. The molecule has 2 rings (SSSR count).